The second kappa shape index (κ2) is 24.9. The molecule has 2 rings (SSSR count). The van der Waals surface area contributed by atoms with Gasteiger partial charge in [0.2, 0.25) is 18.2 Å². The normalized spacial score (nSPS) is 10.7. The minimum Gasteiger partial charge on any atom is -0.423 e. The first-order valence-electron chi connectivity index (χ1n) is 14.3. The largest absolute Gasteiger partial charge is 0.488 e. The third-order valence-corrected chi connectivity index (χ3v) is 5.55. The lowest BCUT2D eigenvalue weighted by molar-refractivity contribution is -0.137. The molecule has 0 saturated heterocycles. The molecule has 0 saturated carbocycles. The second-order valence-corrected chi connectivity index (χ2v) is 8.98. The summed E-state index contributed by atoms with van der Waals surface area (Å²) in [6.07, 6.45) is -3.03. The standard InChI is InChI=1S/C11H25N5O2.C8H10BNO3.C8H7F3.C2H6/c1-2-15-11(18)9(14)3-4-10(17)16(7-5-12)8-6-13;11-6-10-5-7-1-3-8(4-2-7)9(12)13;1-6-2-4-7(5-3-6)8(9,10)11;1-2/h9H,2-8,12-14H2,1H3,(H,15,18);1-4,6,12-13H,5H2,(H,10,11);2-5H,1H3;1-2H3. The van der Waals surface area contributed by atoms with Crippen molar-refractivity contribution < 1.29 is 37.6 Å². The number of nitrogens with one attached hydrogen (secondary N) is 2. The summed E-state index contributed by atoms with van der Waals surface area (Å²) in [5, 5.41) is 22.7. The molecule has 0 aromatic heterocycles. The van der Waals surface area contributed by atoms with Crippen LogP contribution in [0.15, 0.2) is 48.5 Å². The zero-order valence-corrected chi connectivity index (χ0v) is 25.9. The molecule has 0 bridgehead atoms. The molecular weight excluding hydrogens is 580 g/mol. The summed E-state index contributed by atoms with van der Waals surface area (Å²) >= 11 is 0. The molecule has 1 atom stereocenters. The molecule has 0 heterocycles. The van der Waals surface area contributed by atoms with E-state index in [-0.39, 0.29) is 18.2 Å². The van der Waals surface area contributed by atoms with Gasteiger partial charge in [0.25, 0.3) is 0 Å². The number of benzene rings is 2. The number of likely N-dealkylation sites (N-methyl/N-ethyl adjacent to an activating group) is 1. The van der Waals surface area contributed by atoms with E-state index < -0.39 is 24.9 Å². The van der Waals surface area contributed by atoms with Crippen molar-refractivity contribution in [3.05, 3.63) is 65.2 Å². The number of amides is 3. The predicted molar refractivity (Wildman–Crippen MR) is 167 cm³/mol. The fourth-order valence-corrected chi connectivity index (χ4v) is 3.26. The molecule has 15 heteroatoms. The van der Waals surface area contributed by atoms with Gasteiger partial charge in [-0.25, -0.2) is 0 Å². The van der Waals surface area contributed by atoms with Crippen LogP contribution in [0.5, 0.6) is 0 Å². The van der Waals surface area contributed by atoms with Crippen LogP contribution in [0.2, 0.25) is 0 Å². The zero-order valence-electron chi connectivity index (χ0n) is 25.9. The average Bonchev–Trinajstić information content (AvgIpc) is 3.00. The summed E-state index contributed by atoms with van der Waals surface area (Å²) in [6.45, 7) is 10.3. The molecule has 3 amide bonds. The monoisotopic (exact) mass is 628 g/mol. The minimum atomic E-state index is -4.21. The molecule has 10 N–H and O–H groups in total. The van der Waals surface area contributed by atoms with Gasteiger partial charge in [-0.15, -0.1) is 0 Å². The Labute approximate surface area is 258 Å². The number of halogens is 3. The number of nitrogens with two attached hydrogens (primary N) is 3. The van der Waals surface area contributed by atoms with Crippen molar-refractivity contribution in [1.82, 2.24) is 15.5 Å². The molecule has 0 aliphatic heterocycles. The Bertz CT molecular complexity index is 1040. The second-order valence-electron chi connectivity index (χ2n) is 8.98. The number of hydrogen-bond acceptors (Lipinski definition) is 8. The fourth-order valence-electron chi connectivity index (χ4n) is 3.26. The quantitative estimate of drug-likeness (QED) is 0.124. The molecule has 1 unspecified atom stereocenters. The first-order valence-corrected chi connectivity index (χ1v) is 14.3. The van der Waals surface area contributed by atoms with Gasteiger partial charge in [0.15, 0.2) is 0 Å². The van der Waals surface area contributed by atoms with Gasteiger partial charge in [-0.1, -0.05) is 55.8 Å². The third-order valence-electron chi connectivity index (χ3n) is 5.55. The van der Waals surface area contributed by atoms with E-state index >= 15 is 0 Å². The number of nitrogens with zero attached hydrogens (tertiary/aromatic N) is 1. The van der Waals surface area contributed by atoms with E-state index in [0.29, 0.717) is 57.6 Å². The maximum absolute atomic E-state index is 11.9. The van der Waals surface area contributed by atoms with Gasteiger partial charge in [-0.2, -0.15) is 13.2 Å². The highest BCUT2D eigenvalue weighted by molar-refractivity contribution is 6.58. The van der Waals surface area contributed by atoms with Crippen molar-refractivity contribution in [2.45, 2.75) is 59.3 Å². The summed E-state index contributed by atoms with van der Waals surface area (Å²) in [7, 11) is -1.44. The predicted octanol–water partition coefficient (Wildman–Crippen LogP) is 0.628. The van der Waals surface area contributed by atoms with Gasteiger partial charge in [0.1, 0.15) is 0 Å². The Balaban J connectivity index is 0. The van der Waals surface area contributed by atoms with E-state index in [1.807, 2.05) is 20.8 Å². The molecular formula is C29H48BF3N6O5. The van der Waals surface area contributed by atoms with E-state index in [4.69, 9.17) is 27.2 Å². The van der Waals surface area contributed by atoms with E-state index in [0.717, 1.165) is 23.3 Å². The van der Waals surface area contributed by atoms with Crippen molar-refractivity contribution >= 4 is 30.8 Å². The fraction of sp³-hybridized carbons (Fsp3) is 0.483. The summed E-state index contributed by atoms with van der Waals surface area (Å²) in [4.78, 5) is 34.8. The SMILES string of the molecule is CC.CCNC(=O)C(N)CCC(=O)N(CCN)CCN.Cc1ccc(C(F)(F)F)cc1.O=CNCc1ccc(B(O)O)cc1. The van der Waals surface area contributed by atoms with Crippen LogP contribution in [0.3, 0.4) is 0 Å². The summed E-state index contributed by atoms with van der Waals surface area (Å²) in [5.74, 6) is -0.292. The van der Waals surface area contributed by atoms with Gasteiger partial charge in [-0.3, -0.25) is 14.4 Å². The highest BCUT2D eigenvalue weighted by atomic mass is 19.4. The van der Waals surface area contributed by atoms with Gasteiger partial charge >= 0.3 is 13.3 Å². The van der Waals surface area contributed by atoms with Crippen molar-refractivity contribution in [2.75, 3.05) is 32.7 Å². The van der Waals surface area contributed by atoms with Crippen LogP contribution < -0.4 is 33.3 Å². The Morgan fingerprint density at radius 3 is 1.93 bits per heavy atom. The van der Waals surface area contributed by atoms with Crippen LogP contribution >= 0.6 is 0 Å². The number of hydrogen-bond donors (Lipinski definition) is 7. The Kier molecular flexibility index (Phi) is 24.1. The molecule has 0 fully saturated rings. The van der Waals surface area contributed by atoms with Gasteiger partial charge in [0, 0.05) is 45.7 Å². The molecule has 0 radical (unpaired) electrons. The lowest BCUT2D eigenvalue weighted by Crippen LogP contribution is -2.43. The lowest BCUT2D eigenvalue weighted by Gasteiger charge is -2.21. The molecule has 2 aromatic rings. The number of carbonyl (C=O) groups is 3. The molecule has 248 valence electrons. The van der Waals surface area contributed by atoms with Gasteiger partial charge in [-0.05, 0) is 43.4 Å². The van der Waals surface area contributed by atoms with Crippen LogP contribution in [-0.2, 0) is 27.1 Å². The first-order chi connectivity index (χ1) is 20.8. The summed E-state index contributed by atoms with van der Waals surface area (Å²) in [6, 6.07) is 11.1. The number of aryl methyl sites for hydroxylation is 1. The first kappa shape index (κ1) is 42.6. The van der Waals surface area contributed by atoms with Crippen LogP contribution in [-0.4, -0.2) is 79.1 Å². The van der Waals surface area contributed by atoms with Crippen molar-refractivity contribution in [3.8, 4) is 0 Å². The number of carbonyl (C=O) groups excluding carboxylic acids is 3. The minimum absolute atomic E-state index is 0.0642. The topological polar surface area (TPSA) is 197 Å². The highest BCUT2D eigenvalue weighted by Crippen LogP contribution is 2.28. The van der Waals surface area contributed by atoms with Crippen LogP contribution in [0.25, 0.3) is 0 Å². The molecule has 2 aromatic carbocycles. The van der Waals surface area contributed by atoms with Crippen molar-refractivity contribution in [1.29, 1.82) is 0 Å². The molecule has 0 spiro atoms. The van der Waals surface area contributed by atoms with E-state index in [9.17, 15) is 27.6 Å². The smallest absolute Gasteiger partial charge is 0.423 e. The average molecular weight is 629 g/mol. The van der Waals surface area contributed by atoms with Crippen LogP contribution in [0, 0.1) is 6.92 Å². The van der Waals surface area contributed by atoms with Crippen molar-refractivity contribution in [2.24, 2.45) is 17.2 Å². The van der Waals surface area contributed by atoms with Crippen LogP contribution in [0.1, 0.15) is 50.3 Å². The van der Waals surface area contributed by atoms with E-state index in [2.05, 4.69) is 10.6 Å². The Hall–Kier alpha value is -3.50. The Morgan fingerprint density at radius 2 is 1.52 bits per heavy atom. The summed E-state index contributed by atoms with van der Waals surface area (Å²) < 4.78 is 35.8. The highest BCUT2D eigenvalue weighted by Gasteiger charge is 2.29. The van der Waals surface area contributed by atoms with Crippen molar-refractivity contribution in [3.63, 3.8) is 0 Å². The number of alkyl halides is 3. The van der Waals surface area contributed by atoms with Crippen LogP contribution in [0.4, 0.5) is 13.2 Å². The number of rotatable bonds is 13. The summed E-state index contributed by atoms with van der Waals surface area (Å²) in [5.41, 5.74) is 18.1. The van der Waals surface area contributed by atoms with Gasteiger partial charge < -0.3 is 42.8 Å². The zero-order chi connectivity index (χ0) is 34.1. The lowest BCUT2D eigenvalue weighted by atomic mass is 9.80. The van der Waals surface area contributed by atoms with Gasteiger partial charge in [0.05, 0.1) is 11.6 Å². The van der Waals surface area contributed by atoms with E-state index in [1.54, 1.807) is 36.1 Å². The molecule has 44 heavy (non-hydrogen) atoms. The third kappa shape index (κ3) is 19.6. The Morgan fingerprint density at radius 1 is 1.00 bits per heavy atom. The van der Waals surface area contributed by atoms with E-state index in [1.165, 1.54) is 12.1 Å². The maximum Gasteiger partial charge on any atom is 0.488 e. The molecule has 0 aliphatic rings. The maximum atomic E-state index is 11.9. The molecule has 0 aliphatic carbocycles. The molecule has 11 nitrogen and oxygen atoms in total.